The lowest BCUT2D eigenvalue weighted by atomic mass is 9.87. The molecule has 0 N–H and O–H groups in total. The first kappa shape index (κ1) is 16.1. The average Bonchev–Trinajstić information content (AvgIpc) is 2.61. The summed E-state index contributed by atoms with van der Waals surface area (Å²) in [6.45, 7) is 6.67. The van der Waals surface area contributed by atoms with Crippen molar-refractivity contribution in [3.8, 4) is 23.0 Å². The molecule has 0 fully saturated rings. The van der Waals surface area contributed by atoms with Crippen LogP contribution in [0.1, 0.15) is 37.5 Å². The maximum absolute atomic E-state index is 3.25. The van der Waals surface area contributed by atoms with Crippen molar-refractivity contribution < 1.29 is 0 Å². The Hall–Kier alpha value is -2.78. The molecule has 0 unspecified atom stereocenters. The summed E-state index contributed by atoms with van der Waals surface area (Å²) in [5.41, 5.74) is 6.05. The summed E-state index contributed by atoms with van der Waals surface area (Å²) in [6.07, 6.45) is 0. The number of benzene rings is 3. The predicted molar refractivity (Wildman–Crippen MR) is 103 cm³/mol. The molecule has 3 aromatic carbocycles. The monoisotopic (exact) mass is 310 g/mol. The molecule has 0 aliphatic heterocycles. The van der Waals surface area contributed by atoms with Gasteiger partial charge < -0.3 is 0 Å². The zero-order valence-electron chi connectivity index (χ0n) is 14.5. The number of hydrogen-bond acceptors (Lipinski definition) is 0. The maximum Gasteiger partial charge on any atom is 0.0249 e. The van der Waals surface area contributed by atoms with Crippen LogP contribution in [0.3, 0.4) is 0 Å². The van der Waals surface area contributed by atoms with Crippen LogP contribution in [0.15, 0.2) is 78.9 Å². The van der Waals surface area contributed by atoms with Gasteiger partial charge in [0.2, 0.25) is 0 Å². The summed E-state index contributed by atoms with van der Waals surface area (Å²) in [6, 6.07) is 27.4. The third-order valence-corrected chi connectivity index (χ3v) is 4.09. The van der Waals surface area contributed by atoms with Gasteiger partial charge in [0.05, 0.1) is 0 Å². The van der Waals surface area contributed by atoms with Crippen LogP contribution in [0.25, 0.3) is 11.1 Å². The summed E-state index contributed by atoms with van der Waals surface area (Å²) in [4.78, 5) is 0. The van der Waals surface area contributed by atoms with Crippen molar-refractivity contribution in [2.45, 2.75) is 26.2 Å². The Kier molecular flexibility index (Phi) is 4.54. The second kappa shape index (κ2) is 6.77. The largest absolute Gasteiger partial charge is 0.0622 e. The van der Waals surface area contributed by atoms with Gasteiger partial charge in [-0.3, -0.25) is 0 Å². The SMILES string of the molecule is CC(C)(C)c1ccc(C#Cc2ccc(-c3ccccc3)cc2)cc1. The highest BCUT2D eigenvalue weighted by molar-refractivity contribution is 5.64. The molecule has 0 bridgehead atoms. The van der Waals surface area contributed by atoms with E-state index in [9.17, 15) is 0 Å². The van der Waals surface area contributed by atoms with E-state index in [-0.39, 0.29) is 5.41 Å². The molecule has 0 atom stereocenters. The van der Waals surface area contributed by atoms with Gasteiger partial charge in [0.25, 0.3) is 0 Å². The second-order valence-electron chi connectivity index (χ2n) is 7.02. The quantitative estimate of drug-likeness (QED) is 0.480. The predicted octanol–water partition coefficient (Wildman–Crippen LogP) is 6.05. The Morgan fingerprint density at radius 2 is 1.00 bits per heavy atom. The molecule has 0 saturated carbocycles. The highest BCUT2D eigenvalue weighted by Gasteiger charge is 2.12. The normalized spacial score (nSPS) is 10.8. The topological polar surface area (TPSA) is 0 Å². The number of hydrogen-bond donors (Lipinski definition) is 0. The van der Waals surface area contributed by atoms with Crippen LogP contribution < -0.4 is 0 Å². The first-order valence-corrected chi connectivity index (χ1v) is 8.30. The van der Waals surface area contributed by atoms with E-state index in [1.54, 1.807) is 0 Å². The zero-order chi connectivity index (χ0) is 17.0. The highest BCUT2D eigenvalue weighted by atomic mass is 14.2. The Balaban J connectivity index is 1.76. The average molecular weight is 310 g/mol. The van der Waals surface area contributed by atoms with E-state index in [2.05, 4.69) is 105 Å². The molecule has 0 spiro atoms. The summed E-state index contributed by atoms with van der Waals surface area (Å²) in [7, 11) is 0. The van der Waals surface area contributed by atoms with Gasteiger partial charge in [-0.05, 0) is 46.4 Å². The van der Waals surface area contributed by atoms with Crippen LogP contribution in [0.2, 0.25) is 0 Å². The van der Waals surface area contributed by atoms with E-state index >= 15 is 0 Å². The molecule has 0 amide bonds. The minimum Gasteiger partial charge on any atom is -0.0622 e. The fourth-order valence-electron chi connectivity index (χ4n) is 2.57. The first-order valence-electron chi connectivity index (χ1n) is 8.30. The van der Waals surface area contributed by atoms with E-state index < -0.39 is 0 Å². The zero-order valence-corrected chi connectivity index (χ0v) is 14.5. The molecule has 3 rings (SSSR count). The third-order valence-electron chi connectivity index (χ3n) is 4.09. The molecule has 0 aromatic heterocycles. The molecular weight excluding hydrogens is 288 g/mol. The molecule has 24 heavy (non-hydrogen) atoms. The van der Waals surface area contributed by atoms with Crippen LogP contribution >= 0.6 is 0 Å². The maximum atomic E-state index is 3.25. The van der Waals surface area contributed by atoms with Crippen molar-refractivity contribution in [3.05, 3.63) is 95.6 Å². The van der Waals surface area contributed by atoms with Crippen LogP contribution in [-0.4, -0.2) is 0 Å². The van der Waals surface area contributed by atoms with E-state index in [1.807, 2.05) is 6.07 Å². The smallest absolute Gasteiger partial charge is 0.0249 e. The van der Waals surface area contributed by atoms with Gasteiger partial charge in [0, 0.05) is 11.1 Å². The molecule has 3 aromatic rings. The lowest BCUT2D eigenvalue weighted by molar-refractivity contribution is 0.590. The summed E-state index contributed by atoms with van der Waals surface area (Å²) < 4.78 is 0. The lowest BCUT2D eigenvalue weighted by Gasteiger charge is -2.18. The molecule has 0 aliphatic rings. The molecule has 0 heteroatoms. The fourth-order valence-corrected chi connectivity index (χ4v) is 2.57. The first-order chi connectivity index (χ1) is 11.5. The van der Waals surface area contributed by atoms with Crippen molar-refractivity contribution >= 4 is 0 Å². The van der Waals surface area contributed by atoms with Gasteiger partial charge in [-0.15, -0.1) is 0 Å². The van der Waals surface area contributed by atoms with Crippen molar-refractivity contribution in [2.24, 2.45) is 0 Å². The lowest BCUT2D eigenvalue weighted by Crippen LogP contribution is -2.10. The van der Waals surface area contributed by atoms with Crippen molar-refractivity contribution in [1.82, 2.24) is 0 Å². The van der Waals surface area contributed by atoms with E-state index in [4.69, 9.17) is 0 Å². The van der Waals surface area contributed by atoms with Crippen molar-refractivity contribution in [1.29, 1.82) is 0 Å². The summed E-state index contributed by atoms with van der Waals surface area (Å²) in [5, 5.41) is 0. The minimum atomic E-state index is 0.180. The van der Waals surface area contributed by atoms with Gasteiger partial charge >= 0.3 is 0 Å². The molecular formula is C24H22. The Labute approximate surface area is 145 Å². The summed E-state index contributed by atoms with van der Waals surface area (Å²) >= 11 is 0. The van der Waals surface area contributed by atoms with E-state index in [0.717, 1.165) is 11.1 Å². The van der Waals surface area contributed by atoms with Gasteiger partial charge in [-0.2, -0.15) is 0 Å². The van der Waals surface area contributed by atoms with Crippen LogP contribution in [0, 0.1) is 11.8 Å². The van der Waals surface area contributed by atoms with Gasteiger partial charge in [0.15, 0.2) is 0 Å². The molecule has 0 nitrogen and oxygen atoms in total. The van der Waals surface area contributed by atoms with Crippen LogP contribution in [-0.2, 0) is 5.41 Å². The van der Waals surface area contributed by atoms with Gasteiger partial charge in [-0.25, -0.2) is 0 Å². The van der Waals surface area contributed by atoms with Crippen LogP contribution in [0.5, 0.6) is 0 Å². The fraction of sp³-hybridized carbons (Fsp3) is 0.167. The molecule has 0 saturated heterocycles. The second-order valence-corrected chi connectivity index (χ2v) is 7.02. The number of rotatable bonds is 1. The van der Waals surface area contributed by atoms with E-state index in [1.165, 1.54) is 16.7 Å². The molecule has 118 valence electrons. The minimum absolute atomic E-state index is 0.180. The van der Waals surface area contributed by atoms with Gasteiger partial charge in [0.1, 0.15) is 0 Å². The van der Waals surface area contributed by atoms with Crippen LogP contribution in [0.4, 0.5) is 0 Å². The Morgan fingerprint density at radius 3 is 1.50 bits per heavy atom. The standard InChI is InChI=1S/C24H22/c1-24(2,3)23-17-13-20(14-18-23)10-9-19-11-15-22(16-12-19)21-7-5-4-6-8-21/h4-8,11-18H,1-3H3. The van der Waals surface area contributed by atoms with Crippen molar-refractivity contribution in [2.75, 3.05) is 0 Å². The molecule has 0 radical (unpaired) electrons. The van der Waals surface area contributed by atoms with E-state index in [0.29, 0.717) is 0 Å². The van der Waals surface area contributed by atoms with Gasteiger partial charge in [-0.1, -0.05) is 87.2 Å². The third kappa shape index (κ3) is 3.94. The Bertz CT molecular complexity index is 850. The highest BCUT2D eigenvalue weighted by Crippen LogP contribution is 2.22. The van der Waals surface area contributed by atoms with Crippen molar-refractivity contribution in [3.63, 3.8) is 0 Å². The molecule has 0 aliphatic carbocycles. The molecule has 0 heterocycles. The summed E-state index contributed by atoms with van der Waals surface area (Å²) in [5.74, 6) is 6.50. The Morgan fingerprint density at radius 1 is 0.542 bits per heavy atom.